The van der Waals surface area contributed by atoms with Gasteiger partial charge in [-0.25, -0.2) is 0 Å². The van der Waals surface area contributed by atoms with Crippen molar-refractivity contribution in [1.82, 2.24) is 0 Å². The van der Waals surface area contributed by atoms with E-state index in [1.165, 1.54) is 0 Å². The van der Waals surface area contributed by atoms with Crippen LogP contribution >= 0.6 is 0 Å². The van der Waals surface area contributed by atoms with Crippen molar-refractivity contribution in [2.24, 2.45) is 0 Å². The van der Waals surface area contributed by atoms with Crippen LogP contribution in [-0.4, -0.2) is 6.43 Å². The molecule has 0 radical (unpaired) electrons. The molecule has 0 amide bonds. The van der Waals surface area contributed by atoms with Gasteiger partial charge in [-0.3, -0.25) is 0 Å². The van der Waals surface area contributed by atoms with Crippen molar-refractivity contribution < 1.29 is 37.3 Å². The average molecular weight is 166 g/mol. The third kappa shape index (κ3) is 4340. The monoisotopic (exact) mass is 166 g/mol. The molecule has 0 spiro atoms. The maximum absolute atomic E-state index is 9.69. The second-order valence-electron chi connectivity index (χ2n) is 0.429. The Morgan fingerprint density at radius 3 is 0.857 bits per heavy atom. The maximum atomic E-state index is 9.69. The van der Waals surface area contributed by atoms with E-state index in [2.05, 4.69) is 16.2 Å². The van der Waals surface area contributed by atoms with E-state index < -0.39 is 6.43 Å². The van der Waals surface area contributed by atoms with Gasteiger partial charge in [0.2, 0.25) is 0 Å². The van der Waals surface area contributed by atoms with Crippen LogP contribution in [0.15, 0.2) is 0 Å². The molecule has 0 atom stereocenters. The zero-order chi connectivity index (χ0) is 6.50. The van der Waals surface area contributed by atoms with Gasteiger partial charge in [0.1, 0.15) is 0 Å². The summed E-state index contributed by atoms with van der Waals surface area (Å²) < 4.78 is 47.9. The summed E-state index contributed by atoms with van der Waals surface area (Å²) in [5.41, 5.74) is 0. The predicted octanol–water partition coefficient (Wildman–Crippen LogP) is 1.89. The van der Waals surface area contributed by atoms with E-state index in [9.17, 15) is 21.1 Å². The molecule has 7 heavy (non-hydrogen) atoms. The van der Waals surface area contributed by atoms with E-state index in [-0.39, 0.29) is 0 Å². The Morgan fingerprint density at radius 1 is 0.857 bits per heavy atom. The van der Waals surface area contributed by atoms with Crippen LogP contribution in [0.2, 0.25) is 0 Å². The molecule has 0 heterocycles. The van der Waals surface area contributed by atoms with Crippen LogP contribution in [0.5, 0.6) is 0 Å². The van der Waals surface area contributed by atoms with Gasteiger partial charge in [-0.15, -0.1) is 17.6 Å². The number of alkyl halides is 4. The molecule has 0 saturated heterocycles. The first-order valence-corrected chi connectivity index (χ1v) is 1.28. The Bertz CT molecular complexity index is 23.6. The number of rotatable bonds is 0. The van der Waals surface area contributed by atoms with Gasteiger partial charge in [0, 0.05) is 0 Å². The van der Waals surface area contributed by atoms with Crippen molar-refractivity contribution in [2.45, 2.75) is 6.43 Å². The molecule has 0 fully saturated rings. The van der Waals surface area contributed by atoms with Crippen LogP contribution in [0.1, 0.15) is 0 Å². The first-order chi connectivity index (χ1) is 3.00. The molecule has 0 aliphatic heterocycles. The van der Waals surface area contributed by atoms with Gasteiger partial charge >= 0.3 is 26.2 Å². The Balaban J connectivity index is 0. The zero-order valence-corrected chi connectivity index (χ0v) is 3.76. The SMILES string of the molecule is FC(F)(F)F.[F][Co]. The fourth-order valence-corrected chi connectivity index (χ4v) is 0. The number of halogens is 5. The molecule has 0 unspecified atom stereocenters. The molecule has 0 bridgehead atoms. The average Bonchev–Trinajstić information content (AvgIpc) is 1.36. The molecule has 0 aliphatic carbocycles. The Hall–Kier alpha value is 0.156. The quantitative estimate of drug-likeness (QED) is 0.482. The van der Waals surface area contributed by atoms with Crippen LogP contribution in [0.4, 0.5) is 21.1 Å². The molecule has 0 saturated carbocycles. The van der Waals surface area contributed by atoms with Crippen LogP contribution in [0.25, 0.3) is 0 Å². The van der Waals surface area contributed by atoms with E-state index in [4.69, 9.17) is 0 Å². The van der Waals surface area contributed by atoms with Gasteiger partial charge < -0.3 is 0 Å². The molecular weight excluding hydrogens is 166 g/mol. The fraction of sp³-hybridized carbons (Fsp3) is 1.00. The van der Waals surface area contributed by atoms with E-state index in [0.717, 1.165) is 0 Å². The predicted molar refractivity (Wildman–Crippen MR) is 8.27 cm³/mol. The van der Waals surface area contributed by atoms with Crippen LogP contribution in [0.3, 0.4) is 0 Å². The van der Waals surface area contributed by atoms with E-state index >= 15 is 0 Å². The van der Waals surface area contributed by atoms with Gasteiger partial charge in [-0.05, 0) is 0 Å². The molecule has 0 aliphatic rings. The topological polar surface area (TPSA) is 0 Å². The van der Waals surface area contributed by atoms with Crippen molar-refractivity contribution >= 4 is 0 Å². The standard InChI is InChI=1S/CF4.Co.FH/c2-1(3,4)5;;/h;;1H/q;+1;/p-1. The molecule has 0 rings (SSSR count). The normalized spacial score (nSPS) is 9.57. The zero-order valence-electron chi connectivity index (χ0n) is 2.72. The third-order valence-electron chi connectivity index (χ3n) is 0. The first kappa shape index (κ1) is 10.2. The minimum atomic E-state index is -5.50. The van der Waals surface area contributed by atoms with Crippen molar-refractivity contribution in [2.75, 3.05) is 0 Å². The van der Waals surface area contributed by atoms with E-state index in [1.807, 2.05) is 0 Å². The van der Waals surface area contributed by atoms with Gasteiger partial charge in [0.05, 0.1) is 0 Å². The summed E-state index contributed by atoms with van der Waals surface area (Å²) in [4.78, 5) is 0. The minimum absolute atomic E-state index is 2.06. The Morgan fingerprint density at radius 2 is 0.857 bits per heavy atom. The fourth-order valence-electron chi connectivity index (χ4n) is 0. The summed E-state index contributed by atoms with van der Waals surface area (Å²) in [6, 6.07) is 0. The molecule has 0 aromatic carbocycles. The van der Waals surface area contributed by atoms with Crippen molar-refractivity contribution in [3.8, 4) is 0 Å². The van der Waals surface area contributed by atoms with Crippen LogP contribution in [-0.2, 0) is 16.2 Å². The molecule has 0 nitrogen and oxygen atoms in total. The summed E-state index contributed by atoms with van der Waals surface area (Å²) in [5, 5.41) is 0. The van der Waals surface area contributed by atoms with Crippen LogP contribution in [0, 0.1) is 0 Å². The summed E-state index contributed by atoms with van der Waals surface area (Å²) in [5.74, 6) is 0. The molecule has 48 valence electrons. The van der Waals surface area contributed by atoms with Crippen LogP contribution < -0.4 is 0 Å². The molecular formula is CCoF5. The molecule has 6 heteroatoms. The molecule has 0 aromatic heterocycles. The summed E-state index contributed by atoms with van der Waals surface area (Å²) in [7, 11) is 0. The molecule has 0 aromatic rings. The third-order valence-corrected chi connectivity index (χ3v) is 0. The second kappa shape index (κ2) is 4.32. The number of hydrogen-bond donors (Lipinski definition) is 0. The number of hydrogen-bond acceptors (Lipinski definition) is 0. The van der Waals surface area contributed by atoms with E-state index in [0.29, 0.717) is 0 Å². The van der Waals surface area contributed by atoms with Gasteiger partial charge in [-0.2, -0.15) is 0 Å². The van der Waals surface area contributed by atoms with Crippen molar-refractivity contribution in [3.05, 3.63) is 0 Å². The first-order valence-electron chi connectivity index (χ1n) is 0.882. The summed E-state index contributed by atoms with van der Waals surface area (Å²) in [6.45, 7) is 0. The summed E-state index contributed by atoms with van der Waals surface area (Å²) in [6.07, 6.45) is -5.50. The second-order valence-corrected chi connectivity index (χ2v) is 0.429. The van der Waals surface area contributed by atoms with Gasteiger partial charge in [-0.1, -0.05) is 0 Å². The Labute approximate surface area is 44.7 Å². The molecule has 0 N–H and O–H groups in total. The van der Waals surface area contributed by atoms with Crippen molar-refractivity contribution in [3.63, 3.8) is 0 Å². The van der Waals surface area contributed by atoms with Gasteiger partial charge in [0.15, 0.2) is 0 Å². The van der Waals surface area contributed by atoms with Crippen molar-refractivity contribution in [1.29, 1.82) is 0 Å². The van der Waals surface area contributed by atoms with E-state index in [1.54, 1.807) is 0 Å². The van der Waals surface area contributed by atoms with Gasteiger partial charge in [0.25, 0.3) is 0 Å². The summed E-state index contributed by atoms with van der Waals surface area (Å²) >= 11 is 2.06. The Kier molecular flexibility index (Phi) is 6.29.